The molecule has 5 heteroatoms. The maximum Gasteiger partial charge on any atom is 0.253 e. The van der Waals surface area contributed by atoms with Crippen LogP contribution in [-0.2, 0) is 0 Å². The lowest BCUT2D eigenvalue weighted by atomic mass is 10.1. The number of nitrogens with zero attached hydrogens (tertiary/aromatic N) is 1. The Hall–Kier alpha value is -1.49. The van der Waals surface area contributed by atoms with Crippen molar-refractivity contribution < 1.29 is 9.18 Å². The molecule has 2 rings (SSSR count). The number of halogens is 1. The van der Waals surface area contributed by atoms with E-state index < -0.39 is 5.82 Å². The van der Waals surface area contributed by atoms with Crippen LogP contribution in [0, 0.1) is 11.7 Å². The lowest BCUT2D eigenvalue weighted by molar-refractivity contribution is 0.0932. The predicted molar refractivity (Wildman–Crippen MR) is 57.2 cm³/mol. The number of carbonyl (C=O) groups excluding carboxylic acids is 1. The fourth-order valence-electron chi connectivity index (χ4n) is 1.66. The monoisotopic (exact) mass is 223 g/mol. The third-order valence-electron chi connectivity index (χ3n) is 2.73. The van der Waals surface area contributed by atoms with Gasteiger partial charge in [0, 0.05) is 18.8 Å². The molecule has 0 bridgehead atoms. The van der Waals surface area contributed by atoms with Crippen LogP contribution in [0.5, 0.6) is 0 Å². The maximum absolute atomic E-state index is 12.9. The average Bonchev–Trinajstić information content (AvgIpc) is 3.09. The quantitative estimate of drug-likeness (QED) is 0.789. The molecule has 4 nitrogen and oxygen atoms in total. The van der Waals surface area contributed by atoms with Gasteiger partial charge in [-0.1, -0.05) is 0 Å². The van der Waals surface area contributed by atoms with Crippen molar-refractivity contribution in [3.8, 4) is 0 Å². The minimum Gasteiger partial charge on any atom is -0.348 e. The Morgan fingerprint density at radius 1 is 1.62 bits per heavy atom. The lowest BCUT2D eigenvalue weighted by Crippen LogP contribution is -2.41. The molecule has 1 aliphatic carbocycles. The molecule has 0 spiro atoms. The number of pyridine rings is 1. The van der Waals surface area contributed by atoms with Gasteiger partial charge in [-0.15, -0.1) is 0 Å². The molecule has 1 unspecified atom stereocenters. The molecule has 0 aliphatic heterocycles. The molecule has 0 radical (unpaired) electrons. The van der Waals surface area contributed by atoms with Crippen LogP contribution in [0.2, 0.25) is 0 Å². The van der Waals surface area contributed by atoms with E-state index in [2.05, 4.69) is 10.3 Å². The fourth-order valence-corrected chi connectivity index (χ4v) is 1.66. The highest BCUT2D eigenvalue weighted by atomic mass is 19.1. The summed E-state index contributed by atoms with van der Waals surface area (Å²) in [7, 11) is 0. The van der Waals surface area contributed by atoms with Gasteiger partial charge in [0.05, 0.1) is 11.8 Å². The second-order valence-corrected chi connectivity index (χ2v) is 4.04. The Morgan fingerprint density at radius 2 is 2.38 bits per heavy atom. The van der Waals surface area contributed by atoms with Crippen LogP contribution in [0.15, 0.2) is 18.5 Å². The minimum atomic E-state index is -0.511. The Kier molecular flexibility index (Phi) is 3.14. The van der Waals surface area contributed by atoms with E-state index in [1.807, 2.05) is 0 Å². The van der Waals surface area contributed by atoms with E-state index in [1.165, 1.54) is 12.3 Å². The summed E-state index contributed by atoms with van der Waals surface area (Å²) in [5.41, 5.74) is 5.80. The first-order valence-corrected chi connectivity index (χ1v) is 5.32. The van der Waals surface area contributed by atoms with Crippen LogP contribution in [0.4, 0.5) is 4.39 Å². The van der Waals surface area contributed by atoms with Gasteiger partial charge in [0.2, 0.25) is 0 Å². The topological polar surface area (TPSA) is 68.0 Å². The van der Waals surface area contributed by atoms with E-state index in [0.29, 0.717) is 12.5 Å². The second kappa shape index (κ2) is 4.57. The zero-order valence-corrected chi connectivity index (χ0v) is 8.82. The largest absolute Gasteiger partial charge is 0.348 e. The first-order chi connectivity index (χ1) is 7.70. The lowest BCUT2D eigenvalue weighted by Gasteiger charge is -2.15. The van der Waals surface area contributed by atoms with Gasteiger partial charge in [-0.05, 0) is 24.8 Å². The van der Waals surface area contributed by atoms with Gasteiger partial charge < -0.3 is 11.1 Å². The highest BCUT2D eigenvalue weighted by molar-refractivity contribution is 5.94. The number of carbonyl (C=O) groups is 1. The van der Waals surface area contributed by atoms with E-state index in [0.717, 1.165) is 19.0 Å². The normalized spacial score (nSPS) is 16.9. The Bertz CT molecular complexity index is 393. The summed E-state index contributed by atoms with van der Waals surface area (Å²) in [5.74, 6) is -0.340. The molecule has 1 aromatic rings. The molecule has 0 saturated heterocycles. The van der Waals surface area contributed by atoms with Crippen LogP contribution >= 0.6 is 0 Å². The first-order valence-electron chi connectivity index (χ1n) is 5.32. The van der Waals surface area contributed by atoms with Crippen LogP contribution in [-0.4, -0.2) is 23.5 Å². The average molecular weight is 223 g/mol. The number of rotatable bonds is 4. The van der Waals surface area contributed by atoms with Crippen LogP contribution in [0.3, 0.4) is 0 Å². The summed E-state index contributed by atoms with van der Waals surface area (Å²) in [5, 5.41) is 2.80. The molecule has 16 heavy (non-hydrogen) atoms. The zero-order chi connectivity index (χ0) is 11.5. The highest BCUT2D eigenvalue weighted by Crippen LogP contribution is 2.32. The van der Waals surface area contributed by atoms with Crippen molar-refractivity contribution in [3.63, 3.8) is 0 Å². The second-order valence-electron chi connectivity index (χ2n) is 4.04. The number of hydrogen-bond acceptors (Lipinski definition) is 3. The molecule has 1 aromatic heterocycles. The number of nitrogens with two attached hydrogens (primary N) is 1. The van der Waals surface area contributed by atoms with Crippen molar-refractivity contribution >= 4 is 5.91 Å². The summed E-state index contributed by atoms with van der Waals surface area (Å²) in [4.78, 5) is 15.4. The van der Waals surface area contributed by atoms with E-state index in [1.54, 1.807) is 0 Å². The molecule has 1 heterocycles. The minimum absolute atomic E-state index is 0.00392. The summed E-state index contributed by atoms with van der Waals surface area (Å²) < 4.78 is 12.9. The van der Waals surface area contributed by atoms with Crippen molar-refractivity contribution in [1.29, 1.82) is 0 Å². The molecule has 1 aliphatic rings. The highest BCUT2D eigenvalue weighted by Gasteiger charge is 2.31. The van der Waals surface area contributed by atoms with E-state index in [9.17, 15) is 9.18 Å². The van der Waals surface area contributed by atoms with Gasteiger partial charge in [-0.2, -0.15) is 0 Å². The zero-order valence-electron chi connectivity index (χ0n) is 8.82. The Morgan fingerprint density at radius 3 is 2.94 bits per heavy atom. The molecule has 3 N–H and O–H groups in total. The third-order valence-corrected chi connectivity index (χ3v) is 2.73. The molecule has 86 valence electrons. The van der Waals surface area contributed by atoms with E-state index in [-0.39, 0.29) is 17.5 Å². The molecular formula is C11H14FN3O. The standard InChI is InChI=1S/C11H14FN3O/c12-9-3-8(5-14-6-9)11(16)15-10(4-13)7-1-2-7/h3,5-7,10H,1-2,4,13H2,(H,15,16). The van der Waals surface area contributed by atoms with Crippen molar-refractivity contribution in [2.75, 3.05) is 6.54 Å². The smallest absolute Gasteiger partial charge is 0.253 e. The molecule has 1 saturated carbocycles. The van der Waals surface area contributed by atoms with Crippen molar-refractivity contribution in [2.24, 2.45) is 11.7 Å². The van der Waals surface area contributed by atoms with Gasteiger partial charge in [0.1, 0.15) is 5.82 Å². The van der Waals surface area contributed by atoms with Gasteiger partial charge >= 0.3 is 0 Å². The van der Waals surface area contributed by atoms with Crippen LogP contribution in [0.25, 0.3) is 0 Å². The summed E-state index contributed by atoms with van der Waals surface area (Å²) in [6.45, 7) is 0.416. The van der Waals surface area contributed by atoms with E-state index >= 15 is 0 Å². The third kappa shape index (κ3) is 2.55. The molecule has 1 atom stereocenters. The van der Waals surface area contributed by atoms with Crippen LogP contribution in [0.1, 0.15) is 23.2 Å². The number of aromatic nitrogens is 1. The van der Waals surface area contributed by atoms with Crippen molar-refractivity contribution in [2.45, 2.75) is 18.9 Å². The number of amides is 1. The summed E-state index contributed by atoms with van der Waals surface area (Å²) >= 11 is 0. The fraction of sp³-hybridized carbons (Fsp3) is 0.455. The molecular weight excluding hydrogens is 209 g/mol. The maximum atomic E-state index is 12.9. The Labute approximate surface area is 93.1 Å². The van der Waals surface area contributed by atoms with Crippen LogP contribution < -0.4 is 11.1 Å². The summed E-state index contributed by atoms with van der Waals surface area (Å²) in [6, 6.07) is 1.17. The van der Waals surface area contributed by atoms with Crippen molar-refractivity contribution in [1.82, 2.24) is 10.3 Å². The molecule has 0 aromatic carbocycles. The predicted octanol–water partition coefficient (Wildman–Crippen LogP) is 0.688. The van der Waals surface area contributed by atoms with Gasteiger partial charge in [0.25, 0.3) is 5.91 Å². The number of nitrogens with one attached hydrogen (secondary N) is 1. The SMILES string of the molecule is NCC(NC(=O)c1cncc(F)c1)C1CC1. The van der Waals surface area contributed by atoms with Gasteiger partial charge in [-0.25, -0.2) is 4.39 Å². The molecule has 1 amide bonds. The molecule has 1 fully saturated rings. The van der Waals surface area contributed by atoms with Gasteiger partial charge in [0.15, 0.2) is 0 Å². The Balaban J connectivity index is 2.01. The number of hydrogen-bond donors (Lipinski definition) is 2. The summed E-state index contributed by atoms with van der Waals surface area (Å²) in [6.07, 6.45) is 4.62. The van der Waals surface area contributed by atoms with Crippen molar-refractivity contribution in [3.05, 3.63) is 29.8 Å². The first kappa shape index (κ1) is 11.0. The van der Waals surface area contributed by atoms with E-state index in [4.69, 9.17) is 5.73 Å². The van der Waals surface area contributed by atoms with Gasteiger partial charge in [-0.3, -0.25) is 9.78 Å².